The Morgan fingerprint density at radius 3 is 2.62 bits per heavy atom. The van der Waals surface area contributed by atoms with Crippen molar-refractivity contribution < 1.29 is 9.59 Å². The topological polar surface area (TPSA) is 57.9 Å². The van der Waals surface area contributed by atoms with E-state index >= 15 is 0 Å². The van der Waals surface area contributed by atoms with Gasteiger partial charge in [0, 0.05) is 41.3 Å². The smallest absolute Gasteiger partial charge is 0.272 e. The molecule has 1 saturated carbocycles. The highest BCUT2D eigenvalue weighted by atomic mass is 35.5. The third kappa shape index (κ3) is 3.42. The molecule has 2 amide bonds. The van der Waals surface area contributed by atoms with Crippen LogP contribution in [0.3, 0.4) is 0 Å². The van der Waals surface area contributed by atoms with Crippen LogP contribution in [0.5, 0.6) is 0 Å². The first kappa shape index (κ1) is 18.6. The van der Waals surface area contributed by atoms with Crippen LogP contribution in [0.1, 0.15) is 36.2 Å². The number of hydrogen-bond acceptors (Lipinski definition) is 4. The first-order chi connectivity index (χ1) is 14.1. The third-order valence-corrected chi connectivity index (χ3v) is 6.97. The van der Waals surface area contributed by atoms with E-state index in [1.54, 1.807) is 4.90 Å². The first-order valence-electron chi connectivity index (χ1n) is 9.91. The predicted molar refractivity (Wildman–Crippen MR) is 113 cm³/mol. The molecule has 5 rings (SSSR count). The number of piperazine rings is 1. The number of nitrogens with zero attached hydrogens (tertiary/aromatic N) is 4. The van der Waals surface area contributed by atoms with Crippen molar-refractivity contribution in [1.82, 2.24) is 19.2 Å². The number of aromatic nitrogens is 2. The van der Waals surface area contributed by atoms with Crippen molar-refractivity contribution >= 4 is 39.7 Å². The van der Waals surface area contributed by atoms with E-state index in [4.69, 9.17) is 11.6 Å². The Morgan fingerprint density at radius 2 is 1.90 bits per heavy atom. The van der Waals surface area contributed by atoms with E-state index in [2.05, 4.69) is 4.98 Å². The second-order valence-electron chi connectivity index (χ2n) is 7.66. The largest absolute Gasteiger partial charge is 0.336 e. The second kappa shape index (κ2) is 7.46. The molecule has 0 unspecified atom stereocenters. The minimum Gasteiger partial charge on any atom is -0.336 e. The molecule has 1 aliphatic heterocycles. The molecule has 0 N–H and O–H groups in total. The number of benzene rings is 1. The van der Waals surface area contributed by atoms with Crippen LogP contribution in [0.25, 0.3) is 16.2 Å². The zero-order valence-corrected chi connectivity index (χ0v) is 17.5. The van der Waals surface area contributed by atoms with Crippen LogP contribution in [0.15, 0.2) is 35.8 Å². The van der Waals surface area contributed by atoms with Crippen LogP contribution in [-0.2, 0) is 4.79 Å². The van der Waals surface area contributed by atoms with Gasteiger partial charge in [-0.15, -0.1) is 11.3 Å². The number of rotatable bonds is 3. The molecule has 2 aliphatic rings. The highest BCUT2D eigenvalue weighted by Crippen LogP contribution is 2.27. The van der Waals surface area contributed by atoms with Crippen LogP contribution in [0.2, 0.25) is 5.02 Å². The maximum absolute atomic E-state index is 13.1. The number of amides is 2. The van der Waals surface area contributed by atoms with Gasteiger partial charge in [0.15, 0.2) is 4.96 Å². The molecular weight excluding hydrogens is 408 g/mol. The van der Waals surface area contributed by atoms with Gasteiger partial charge in [0.25, 0.3) is 5.91 Å². The van der Waals surface area contributed by atoms with Crippen molar-refractivity contribution in [1.29, 1.82) is 0 Å². The van der Waals surface area contributed by atoms with Crippen LogP contribution in [0.4, 0.5) is 0 Å². The van der Waals surface area contributed by atoms with Crippen LogP contribution >= 0.6 is 22.9 Å². The molecule has 1 aromatic carbocycles. The molecule has 8 heteroatoms. The van der Waals surface area contributed by atoms with Gasteiger partial charge in [0.05, 0.1) is 5.69 Å². The highest BCUT2D eigenvalue weighted by Gasteiger charge is 2.34. The van der Waals surface area contributed by atoms with Gasteiger partial charge in [0.2, 0.25) is 5.91 Å². The maximum Gasteiger partial charge on any atom is 0.272 e. The summed E-state index contributed by atoms with van der Waals surface area (Å²) in [7, 11) is 0. The molecule has 2 aromatic heterocycles. The van der Waals surface area contributed by atoms with E-state index in [1.807, 2.05) is 45.1 Å². The molecule has 6 nitrogen and oxygen atoms in total. The Labute approximate surface area is 177 Å². The summed E-state index contributed by atoms with van der Waals surface area (Å²) in [6, 6.07) is 7.84. The molecule has 3 heterocycles. The maximum atomic E-state index is 13.1. The van der Waals surface area contributed by atoms with E-state index in [0.717, 1.165) is 29.1 Å². The van der Waals surface area contributed by atoms with Gasteiger partial charge in [-0.3, -0.25) is 14.0 Å². The number of carbonyl (C=O) groups excluding carboxylic acids is 2. The van der Waals surface area contributed by atoms with E-state index in [9.17, 15) is 9.59 Å². The molecular formula is C21H21ClN4O2S. The lowest BCUT2D eigenvalue weighted by Gasteiger charge is -2.37. The lowest BCUT2D eigenvalue weighted by molar-refractivity contribution is -0.137. The van der Waals surface area contributed by atoms with Crippen LogP contribution in [-0.4, -0.2) is 56.7 Å². The number of hydrogen-bond donors (Lipinski definition) is 0. The van der Waals surface area contributed by atoms with Gasteiger partial charge < -0.3 is 9.80 Å². The molecule has 1 aliphatic carbocycles. The monoisotopic (exact) mass is 428 g/mol. The molecule has 0 bridgehead atoms. The van der Waals surface area contributed by atoms with E-state index < -0.39 is 0 Å². The SMILES string of the molecule is O=C(c1csc2nc(-c3ccc(Cl)cc3)cn12)N1CCN(C2CCCC2)C(=O)C1. The number of fused-ring (bicyclic) bond motifs is 1. The van der Waals surface area contributed by atoms with E-state index in [-0.39, 0.29) is 18.4 Å². The van der Waals surface area contributed by atoms with Gasteiger partial charge in [-0.25, -0.2) is 4.98 Å². The predicted octanol–water partition coefficient (Wildman–Crippen LogP) is 3.94. The third-order valence-electron chi connectivity index (χ3n) is 5.88. The Kier molecular flexibility index (Phi) is 4.80. The molecule has 150 valence electrons. The lowest BCUT2D eigenvalue weighted by Crippen LogP contribution is -2.55. The average Bonchev–Trinajstić information content (AvgIpc) is 3.45. The summed E-state index contributed by atoms with van der Waals surface area (Å²) in [4.78, 5) is 34.8. The Hall–Kier alpha value is -2.38. The second-order valence-corrected chi connectivity index (χ2v) is 8.93. The first-order valence-corrected chi connectivity index (χ1v) is 11.2. The number of thiazole rings is 1. The van der Waals surface area contributed by atoms with Gasteiger partial charge in [-0.1, -0.05) is 36.6 Å². The molecule has 0 radical (unpaired) electrons. The van der Waals surface area contributed by atoms with Crippen molar-refractivity contribution in [3.05, 3.63) is 46.6 Å². The summed E-state index contributed by atoms with van der Waals surface area (Å²) in [5.74, 6) is -0.0498. The van der Waals surface area contributed by atoms with Crippen molar-refractivity contribution in [2.45, 2.75) is 31.7 Å². The quantitative estimate of drug-likeness (QED) is 0.634. The zero-order chi connectivity index (χ0) is 20.0. The highest BCUT2D eigenvalue weighted by molar-refractivity contribution is 7.15. The summed E-state index contributed by atoms with van der Waals surface area (Å²) < 4.78 is 1.82. The number of halogens is 1. The van der Waals surface area contributed by atoms with Gasteiger partial charge >= 0.3 is 0 Å². The van der Waals surface area contributed by atoms with Crippen molar-refractivity contribution in [2.75, 3.05) is 19.6 Å². The summed E-state index contributed by atoms with van der Waals surface area (Å²) >= 11 is 7.40. The zero-order valence-electron chi connectivity index (χ0n) is 15.9. The molecule has 0 spiro atoms. The molecule has 0 atom stereocenters. The fourth-order valence-electron chi connectivity index (χ4n) is 4.32. The molecule has 2 fully saturated rings. The normalized spacial score (nSPS) is 18.2. The Bertz CT molecular complexity index is 1070. The van der Waals surface area contributed by atoms with Crippen LogP contribution in [0, 0.1) is 0 Å². The fourth-order valence-corrected chi connectivity index (χ4v) is 5.29. The Morgan fingerprint density at radius 1 is 1.14 bits per heavy atom. The van der Waals surface area contributed by atoms with Crippen molar-refractivity contribution in [3.8, 4) is 11.3 Å². The minimum atomic E-state index is -0.115. The van der Waals surface area contributed by atoms with Gasteiger partial charge in [-0.2, -0.15) is 0 Å². The molecule has 29 heavy (non-hydrogen) atoms. The Balaban J connectivity index is 1.36. The lowest BCUT2D eigenvalue weighted by atomic mass is 10.1. The summed E-state index contributed by atoms with van der Waals surface area (Å²) in [5.41, 5.74) is 2.30. The molecule has 1 saturated heterocycles. The average molecular weight is 429 g/mol. The van der Waals surface area contributed by atoms with Crippen molar-refractivity contribution in [3.63, 3.8) is 0 Å². The van der Waals surface area contributed by atoms with Gasteiger partial charge in [0.1, 0.15) is 12.2 Å². The van der Waals surface area contributed by atoms with Crippen LogP contribution < -0.4 is 0 Å². The molecule has 3 aromatic rings. The van der Waals surface area contributed by atoms with Gasteiger partial charge in [-0.05, 0) is 25.0 Å². The number of carbonyl (C=O) groups is 2. The fraction of sp³-hybridized carbons (Fsp3) is 0.381. The van der Waals surface area contributed by atoms with E-state index in [0.29, 0.717) is 29.8 Å². The standard InChI is InChI=1S/C21H21ClN4O2S/c22-15-7-5-14(6-8-15)17-11-26-18(13-29-21(26)23-17)20(28)24-9-10-25(19(27)12-24)16-3-1-2-4-16/h5-8,11,13,16H,1-4,9-10,12H2. The number of imidazole rings is 1. The minimum absolute atomic E-state index is 0.0652. The summed E-state index contributed by atoms with van der Waals surface area (Å²) in [5, 5.41) is 2.50. The summed E-state index contributed by atoms with van der Waals surface area (Å²) in [6.07, 6.45) is 6.45. The summed E-state index contributed by atoms with van der Waals surface area (Å²) in [6.45, 7) is 1.37. The van der Waals surface area contributed by atoms with E-state index in [1.165, 1.54) is 24.2 Å². The van der Waals surface area contributed by atoms with Crippen molar-refractivity contribution in [2.24, 2.45) is 0 Å².